The van der Waals surface area contributed by atoms with E-state index in [2.05, 4.69) is 21.9 Å². The molecule has 0 spiro atoms. The summed E-state index contributed by atoms with van der Waals surface area (Å²) in [6.45, 7) is 9.22. The van der Waals surface area contributed by atoms with Crippen LogP contribution in [0, 0.1) is 0 Å². The molecule has 0 unspecified atom stereocenters. The van der Waals surface area contributed by atoms with Crippen molar-refractivity contribution in [1.29, 1.82) is 0 Å². The number of anilines is 2. The van der Waals surface area contributed by atoms with Crippen molar-refractivity contribution in [3.8, 4) is 0 Å². The highest BCUT2D eigenvalue weighted by atomic mass is 16.5. The fraction of sp³-hybridized carbons (Fsp3) is 0.600. The van der Waals surface area contributed by atoms with E-state index in [1.807, 2.05) is 19.1 Å². The van der Waals surface area contributed by atoms with Gasteiger partial charge in [0.05, 0.1) is 11.4 Å². The van der Waals surface area contributed by atoms with Crippen molar-refractivity contribution < 1.29 is 4.74 Å². The van der Waals surface area contributed by atoms with E-state index in [9.17, 15) is 0 Å². The molecule has 19 heavy (non-hydrogen) atoms. The molecule has 2 N–H and O–H groups in total. The van der Waals surface area contributed by atoms with E-state index >= 15 is 0 Å². The first kappa shape index (κ1) is 14.2. The van der Waals surface area contributed by atoms with Crippen LogP contribution in [0.4, 0.5) is 11.4 Å². The molecule has 4 nitrogen and oxygen atoms in total. The highest BCUT2D eigenvalue weighted by Crippen LogP contribution is 2.23. The number of ether oxygens (including phenoxy) is 1. The third-order valence-corrected chi connectivity index (χ3v) is 3.62. The van der Waals surface area contributed by atoms with E-state index in [4.69, 9.17) is 10.5 Å². The van der Waals surface area contributed by atoms with Crippen molar-refractivity contribution in [1.82, 2.24) is 4.90 Å². The molecule has 2 rings (SSSR count). The number of benzene rings is 1. The first-order valence-corrected chi connectivity index (χ1v) is 7.21. The Morgan fingerprint density at radius 1 is 1.16 bits per heavy atom. The average molecular weight is 263 g/mol. The van der Waals surface area contributed by atoms with Gasteiger partial charge >= 0.3 is 0 Å². The first-order chi connectivity index (χ1) is 9.31. The summed E-state index contributed by atoms with van der Waals surface area (Å²) in [7, 11) is 0. The summed E-state index contributed by atoms with van der Waals surface area (Å²) >= 11 is 0. The number of para-hydroxylation sites is 2. The Labute approximate surface area is 116 Å². The van der Waals surface area contributed by atoms with Crippen molar-refractivity contribution in [2.75, 3.05) is 56.6 Å². The second-order valence-corrected chi connectivity index (χ2v) is 4.94. The van der Waals surface area contributed by atoms with Crippen LogP contribution in [0.3, 0.4) is 0 Å². The number of hydrogen-bond acceptors (Lipinski definition) is 4. The zero-order chi connectivity index (χ0) is 13.5. The highest BCUT2D eigenvalue weighted by molar-refractivity contribution is 5.67. The SMILES string of the molecule is CCOCCCN1CCN(c2ccccc2N)CC1. The van der Waals surface area contributed by atoms with Gasteiger partial charge in [-0.15, -0.1) is 0 Å². The van der Waals surface area contributed by atoms with Gasteiger partial charge in [-0.3, -0.25) is 4.90 Å². The second kappa shape index (κ2) is 7.36. The van der Waals surface area contributed by atoms with Crippen LogP contribution in [0.15, 0.2) is 24.3 Å². The van der Waals surface area contributed by atoms with Gasteiger partial charge < -0.3 is 15.4 Å². The van der Waals surface area contributed by atoms with Crippen LogP contribution in [-0.2, 0) is 4.74 Å². The number of rotatable bonds is 6. The van der Waals surface area contributed by atoms with Gasteiger partial charge in [0.2, 0.25) is 0 Å². The molecular weight excluding hydrogens is 238 g/mol. The lowest BCUT2D eigenvalue weighted by atomic mass is 10.2. The number of nitrogen functional groups attached to an aromatic ring is 1. The summed E-state index contributed by atoms with van der Waals surface area (Å²) < 4.78 is 5.38. The quantitative estimate of drug-likeness (QED) is 0.628. The topological polar surface area (TPSA) is 41.7 Å². The van der Waals surface area contributed by atoms with Gasteiger partial charge in [-0.1, -0.05) is 12.1 Å². The van der Waals surface area contributed by atoms with Gasteiger partial charge in [-0.2, -0.15) is 0 Å². The molecule has 1 aliphatic heterocycles. The third kappa shape index (κ3) is 4.11. The molecule has 1 saturated heterocycles. The predicted molar refractivity (Wildman–Crippen MR) is 80.6 cm³/mol. The zero-order valence-electron chi connectivity index (χ0n) is 11.8. The minimum Gasteiger partial charge on any atom is -0.397 e. The third-order valence-electron chi connectivity index (χ3n) is 3.62. The molecule has 0 radical (unpaired) electrons. The number of hydrogen-bond donors (Lipinski definition) is 1. The van der Waals surface area contributed by atoms with E-state index in [0.29, 0.717) is 0 Å². The molecule has 0 bridgehead atoms. The van der Waals surface area contributed by atoms with Crippen molar-refractivity contribution >= 4 is 11.4 Å². The van der Waals surface area contributed by atoms with Gasteiger partial charge in [0.25, 0.3) is 0 Å². The predicted octanol–water partition coefficient (Wildman–Crippen LogP) is 1.82. The molecule has 4 heteroatoms. The Morgan fingerprint density at radius 3 is 2.58 bits per heavy atom. The van der Waals surface area contributed by atoms with Gasteiger partial charge in [-0.05, 0) is 25.5 Å². The van der Waals surface area contributed by atoms with Gasteiger partial charge in [-0.25, -0.2) is 0 Å². The standard InChI is InChI=1S/C15H25N3O/c1-2-19-13-5-8-17-9-11-18(12-10-17)15-7-4-3-6-14(15)16/h3-4,6-7H,2,5,8-13,16H2,1H3. The van der Waals surface area contributed by atoms with Crippen LogP contribution < -0.4 is 10.6 Å². The van der Waals surface area contributed by atoms with Crippen molar-refractivity contribution in [2.45, 2.75) is 13.3 Å². The van der Waals surface area contributed by atoms with Crippen LogP contribution in [-0.4, -0.2) is 50.8 Å². The van der Waals surface area contributed by atoms with E-state index in [1.54, 1.807) is 0 Å². The van der Waals surface area contributed by atoms with Gasteiger partial charge in [0.1, 0.15) is 0 Å². The molecule has 1 aromatic carbocycles. The molecule has 1 aliphatic rings. The zero-order valence-corrected chi connectivity index (χ0v) is 11.8. The minimum absolute atomic E-state index is 0.820. The summed E-state index contributed by atoms with van der Waals surface area (Å²) in [5.74, 6) is 0. The Hall–Kier alpha value is -1.26. The molecule has 0 saturated carbocycles. The maximum Gasteiger partial charge on any atom is 0.0600 e. The van der Waals surface area contributed by atoms with Crippen LogP contribution in [0.2, 0.25) is 0 Å². The Bertz CT molecular complexity index is 375. The van der Waals surface area contributed by atoms with Gasteiger partial charge in [0.15, 0.2) is 0 Å². The molecule has 106 valence electrons. The van der Waals surface area contributed by atoms with E-state index in [-0.39, 0.29) is 0 Å². The largest absolute Gasteiger partial charge is 0.397 e. The number of piperazine rings is 1. The van der Waals surface area contributed by atoms with E-state index < -0.39 is 0 Å². The first-order valence-electron chi connectivity index (χ1n) is 7.21. The Morgan fingerprint density at radius 2 is 1.89 bits per heavy atom. The second-order valence-electron chi connectivity index (χ2n) is 4.94. The lowest BCUT2D eigenvalue weighted by Gasteiger charge is -2.36. The lowest BCUT2D eigenvalue weighted by molar-refractivity contribution is 0.130. The molecule has 0 atom stereocenters. The summed E-state index contributed by atoms with van der Waals surface area (Å²) in [4.78, 5) is 4.89. The normalized spacial score (nSPS) is 16.8. The molecule has 0 aromatic heterocycles. The van der Waals surface area contributed by atoms with Crippen molar-refractivity contribution in [3.05, 3.63) is 24.3 Å². The Balaban J connectivity index is 1.75. The fourth-order valence-corrected chi connectivity index (χ4v) is 2.52. The summed E-state index contributed by atoms with van der Waals surface area (Å²) in [6.07, 6.45) is 1.13. The van der Waals surface area contributed by atoms with Crippen LogP contribution in [0.1, 0.15) is 13.3 Å². The fourth-order valence-electron chi connectivity index (χ4n) is 2.52. The summed E-state index contributed by atoms with van der Waals surface area (Å²) in [5.41, 5.74) is 8.09. The molecular formula is C15H25N3O. The van der Waals surface area contributed by atoms with Crippen LogP contribution in [0.25, 0.3) is 0 Å². The average Bonchev–Trinajstić information content (AvgIpc) is 2.45. The smallest absolute Gasteiger partial charge is 0.0600 e. The highest BCUT2D eigenvalue weighted by Gasteiger charge is 2.17. The van der Waals surface area contributed by atoms with Crippen LogP contribution >= 0.6 is 0 Å². The summed E-state index contributed by atoms with van der Waals surface area (Å²) in [6, 6.07) is 8.13. The monoisotopic (exact) mass is 263 g/mol. The molecule has 0 aliphatic carbocycles. The maximum absolute atomic E-state index is 6.03. The van der Waals surface area contributed by atoms with Crippen molar-refractivity contribution in [3.63, 3.8) is 0 Å². The van der Waals surface area contributed by atoms with Crippen molar-refractivity contribution in [2.24, 2.45) is 0 Å². The summed E-state index contributed by atoms with van der Waals surface area (Å²) in [5, 5.41) is 0. The Kier molecular flexibility index (Phi) is 5.48. The number of nitrogens with zero attached hydrogens (tertiary/aromatic N) is 2. The minimum atomic E-state index is 0.820. The van der Waals surface area contributed by atoms with E-state index in [1.165, 1.54) is 5.69 Å². The van der Waals surface area contributed by atoms with Gasteiger partial charge in [0, 0.05) is 45.9 Å². The molecule has 0 amide bonds. The van der Waals surface area contributed by atoms with Crippen LogP contribution in [0.5, 0.6) is 0 Å². The lowest BCUT2D eigenvalue weighted by Crippen LogP contribution is -2.47. The molecule has 1 heterocycles. The maximum atomic E-state index is 6.03. The molecule has 1 fully saturated rings. The van der Waals surface area contributed by atoms with E-state index in [0.717, 1.165) is 58.0 Å². The molecule has 1 aromatic rings. The number of nitrogens with two attached hydrogens (primary N) is 1.